The Kier molecular flexibility index (Phi) is 6.32. The Labute approximate surface area is 121 Å². The number of hydrogen-bond donors (Lipinski definition) is 1. The van der Waals surface area contributed by atoms with Gasteiger partial charge in [-0.1, -0.05) is 34.6 Å². The summed E-state index contributed by atoms with van der Waals surface area (Å²) in [6.45, 7) is 13.0. The molecule has 0 heterocycles. The molecular weight excluding hydrogens is 232 g/mol. The van der Waals surface area contributed by atoms with E-state index in [1.807, 2.05) is 0 Å². The van der Waals surface area contributed by atoms with Crippen LogP contribution in [-0.4, -0.2) is 37.6 Å². The van der Waals surface area contributed by atoms with E-state index in [4.69, 9.17) is 0 Å². The first-order valence-corrected chi connectivity index (χ1v) is 8.11. The number of rotatable bonds is 5. The number of nitrogens with zero attached hydrogens (tertiary/aromatic N) is 1. The van der Waals surface area contributed by atoms with Crippen molar-refractivity contribution in [2.45, 2.75) is 72.4 Å². The second-order valence-electron chi connectivity index (χ2n) is 8.19. The minimum Gasteiger partial charge on any atom is -0.310 e. The molecule has 1 aliphatic carbocycles. The summed E-state index contributed by atoms with van der Waals surface area (Å²) in [6.07, 6.45) is 5.51. The summed E-state index contributed by atoms with van der Waals surface area (Å²) >= 11 is 0. The molecule has 0 aromatic carbocycles. The second kappa shape index (κ2) is 7.08. The van der Waals surface area contributed by atoms with Crippen molar-refractivity contribution in [3.05, 3.63) is 0 Å². The third kappa shape index (κ3) is 5.83. The molecule has 0 aliphatic heterocycles. The first kappa shape index (κ1) is 17.0. The molecule has 0 aromatic heterocycles. The molecule has 1 fully saturated rings. The summed E-state index contributed by atoms with van der Waals surface area (Å²) in [6, 6.07) is 1.37. The van der Waals surface area contributed by atoms with Gasteiger partial charge in [0.2, 0.25) is 0 Å². The Hall–Kier alpha value is -0.0800. The quantitative estimate of drug-likeness (QED) is 0.816. The maximum absolute atomic E-state index is 3.92. The Morgan fingerprint density at radius 2 is 1.58 bits per heavy atom. The van der Waals surface area contributed by atoms with E-state index in [0.29, 0.717) is 17.4 Å². The molecule has 114 valence electrons. The predicted molar refractivity (Wildman–Crippen MR) is 85.5 cm³/mol. The summed E-state index contributed by atoms with van der Waals surface area (Å²) in [4.78, 5) is 2.30. The van der Waals surface area contributed by atoms with Gasteiger partial charge in [0.25, 0.3) is 0 Å². The molecule has 1 rings (SSSR count). The zero-order chi connectivity index (χ0) is 14.6. The van der Waals surface area contributed by atoms with Gasteiger partial charge in [-0.15, -0.1) is 0 Å². The third-order valence-corrected chi connectivity index (χ3v) is 4.77. The molecule has 0 saturated heterocycles. The molecule has 0 aromatic rings. The van der Waals surface area contributed by atoms with Crippen molar-refractivity contribution in [1.29, 1.82) is 0 Å². The highest BCUT2D eigenvalue weighted by atomic mass is 15.1. The first-order chi connectivity index (χ1) is 8.70. The average Bonchev–Trinajstić information content (AvgIpc) is 2.27. The van der Waals surface area contributed by atoms with Gasteiger partial charge < -0.3 is 10.2 Å². The van der Waals surface area contributed by atoms with Gasteiger partial charge in [0.05, 0.1) is 0 Å². The minimum absolute atomic E-state index is 0.492. The fourth-order valence-corrected chi connectivity index (χ4v) is 3.28. The molecule has 2 heteroatoms. The van der Waals surface area contributed by atoms with Crippen molar-refractivity contribution in [3.8, 4) is 0 Å². The van der Waals surface area contributed by atoms with Crippen molar-refractivity contribution < 1.29 is 0 Å². The third-order valence-electron chi connectivity index (χ3n) is 4.77. The molecular formula is C17H36N2. The average molecular weight is 268 g/mol. The smallest absolute Gasteiger partial charge is 0.0220 e. The molecule has 1 unspecified atom stereocenters. The molecule has 2 nitrogen and oxygen atoms in total. The molecule has 1 saturated carbocycles. The molecule has 19 heavy (non-hydrogen) atoms. The Morgan fingerprint density at radius 1 is 1.05 bits per heavy atom. The van der Waals surface area contributed by atoms with Gasteiger partial charge in [-0.25, -0.2) is 0 Å². The van der Waals surface area contributed by atoms with Gasteiger partial charge in [0.15, 0.2) is 0 Å². The van der Waals surface area contributed by atoms with Crippen molar-refractivity contribution in [3.63, 3.8) is 0 Å². The normalized spacial score (nSPS) is 27.0. The second-order valence-corrected chi connectivity index (χ2v) is 8.19. The van der Waals surface area contributed by atoms with Gasteiger partial charge in [-0.05, 0) is 57.0 Å². The molecule has 1 aliphatic rings. The van der Waals surface area contributed by atoms with Crippen molar-refractivity contribution in [1.82, 2.24) is 10.2 Å². The Balaban J connectivity index is 2.42. The SMILES string of the molecule is CC(C)C(CN(C)C)NC1CCC(C(C)(C)C)CC1. The summed E-state index contributed by atoms with van der Waals surface area (Å²) in [5.41, 5.74) is 0.492. The first-order valence-electron chi connectivity index (χ1n) is 8.11. The fourth-order valence-electron chi connectivity index (χ4n) is 3.28. The molecule has 1 atom stereocenters. The zero-order valence-electron chi connectivity index (χ0n) is 14.3. The number of likely N-dealkylation sites (N-methyl/N-ethyl adjacent to an activating group) is 1. The highest BCUT2D eigenvalue weighted by Gasteiger charge is 2.30. The van der Waals surface area contributed by atoms with Crippen molar-refractivity contribution >= 4 is 0 Å². The van der Waals surface area contributed by atoms with Crippen LogP contribution in [-0.2, 0) is 0 Å². The Morgan fingerprint density at radius 3 is 1.95 bits per heavy atom. The lowest BCUT2D eigenvalue weighted by Crippen LogP contribution is -2.48. The maximum atomic E-state index is 3.92. The van der Waals surface area contributed by atoms with Crippen LogP contribution in [0.5, 0.6) is 0 Å². The van der Waals surface area contributed by atoms with Crippen LogP contribution in [0.25, 0.3) is 0 Å². The van der Waals surface area contributed by atoms with E-state index < -0.39 is 0 Å². The number of hydrogen-bond acceptors (Lipinski definition) is 2. The van der Waals surface area contributed by atoms with E-state index in [2.05, 4.69) is 58.9 Å². The van der Waals surface area contributed by atoms with Gasteiger partial charge in [0, 0.05) is 18.6 Å². The Bertz CT molecular complexity index is 244. The maximum Gasteiger partial charge on any atom is 0.0220 e. The van der Waals surface area contributed by atoms with Crippen LogP contribution in [0, 0.1) is 17.3 Å². The molecule has 0 amide bonds. The standard InChI is InChI=1S/C17H36N2/c1-13(2)16(12-19(6)7)18-15-10-8-14(9-11-15)17(3,4)5/h13-16,18H,8-12H2,1-7H3. The monoisotopic (exact) mass is 268 g/mol. The lowest BCUT2D eigenvalue weighted by molar-refractivity contribution is 0.148. The summed E-state index contributed by atoms with van der Waals surface area (Å²) in [5, 5.41) is 3.92. The molecule has 1 N–H and O–H groups in total. The van der Waals surface area contributed by atoms with Gasteiger partial charge in [-0.2, -0.15) is 0 Å². The zero-order valence-corrected chi connectivity index (χ0v) is 14.3. The van der Waals surface area contributed by atoms with E-state index >= 15 is 0 Å². The molecule has 0 spiro atoms. The summed E-state index contributed by atoms with van der Waals surface area (Å²) in [5.74, 6) is 1.62. The van der Waals surface area contributed by atoms with Crippen LogP contribution in [0.4, 0.5) is 0 Å². The van der Waals surface area contributed by atoms with Crippen LogP contribution in [0.15, 0.2) is 0 Å². The minimum atomic E-state index is 0.492. The van der Waals surface area contributed by atoms with Gasteiger partial charge in [-0.3, -0.25) is 0 Å². The summed E-state index contributed by atoms with van der Waals surface area (Å²) in [7, 11) is 4.35. The fraction of sp³-hybridized carbons (Fsp3) is 1.00. The van der Waals surface area contributed by atoms with Crippen LogP contribution in [0.1, 0.15) is 60.3 Å². The van der Waals surface area contributed by atoms with E-state index in [9.17, 15) is 0 Å². The van der Waals surface area contributed by atoms with Gasteiger partial charge >= 0.3 is 0 Å². The number of nitrogens with one attached hydrogen (secondary N) is 1. The van der Waals surface area contributed by atoms with E-state index in [1.165, 1.54) is 25.7 Å². The summed E-state index contributed by atoms with van der Waals surface area (Å²) < 4.78 is 0. The van der Waals surface area contributed by atoms with E-state index in [-0.39, 0.29) is 0 Å². The van der Waals surface area contributed by atoms with Crippen LogP contribution >= 0.6 is 0 Å². The lowest BCUT2D eigenvalue weighted by atomic mass is 9.71. The molecule has 0 bridgehead atoms. The van der Waals surface area contributed by atoms with Crippen LogP contribution < -0.4 is 5.32 Å². The topological polar surface area (TPSA) is 15.3 Å². The van der Waals surface area contributed by atoms with E-state index in [1.54, 1.807) is 0 Å². The van der Waals surface area contributed by atoms with Crippen molar-refractivity contribution in [2.75, 3.05) is 20.6 Å². The van der Waals surface area contributed by atoms with E-state index in [0.717, 1.165) is 18.5 Å². The van der Waals surface area contributed by atoms with Crippen molar-refractivity contribution in [2.24, 2.45) is 17.3 Å². The largest absolute Gasteiger partial charge is 0.310 e. The van der Waals surface area contributed by atoms with Gasteiger partial charge in [0.1, 0.15) is 0 Å². The van der Waals surface area contributed by atoms with Crippen LogP contribution in [0.3, 0.4) is 0 Å². The van der Waals surface area contributed by atoms with Crippen LogP contribution in [0.2, 0.25) is 0 Å². The lowest BCUT2D eigenvalue weighted by Gasteiger charge is -2.39. The highest BCUT2D eigenvalue weighted by molar-refractivity contribution is 4.86. The highest BCUT2D eigenvalue weighted by Crippen LogP contribution is 2.37. The predicted octanol–water partition coefficient (Wildman–Crippen LogP) is 3.77. The molecule has 0 radical (unpaired) electrons.